The first-order valence-corrected chi connectivity index (χ1v) is 48.8. The first-order valence-electron chi connectivity index (χ1n) is 48.8. The summed E-state index contributed by atoms with van der Waals surface area (Å²) >= 11 is 0. The third-order valence-electron chi connectivity index (χ3n) is 22.8. The van der Waals surface area contributed by atoms with E-state index in [0.29, 0.717) is 122 Å². The Hall–Kier alpha value is -4.31. The molecule has 2 N–H and O–H groups in total. The third kappa shape index (κ3) is 44.9. The summed E-state index contributed by atoms with van der Waals surface area (Å²) in [6.07, 6.45) is 77.4. The second kappa shape index (κ2) is 70.7. The largest absolute Gasteiger partial charge is 2.00 e. The van der Waals surface area contributed by atoms with Crippen molar-refractivity contribution in [2.45, 2.75) is 466 Å². The SMILES string of the molecule is CCCCCCCCCCOC1=C(OCCCCCCCCCC)c2cc3[nH]c(cc4[nH]c(cc5nc(cc1n2)C(OCCCCCCCCCC)=C5OCCCCCCCCCC)c(OCCCCCCCCCC)c4OCCCCCCCCCC)c(OCCCCCCCCCC)c3OCCCCCCCCCC.[Pt+2]. The molecule has 0 spiro atoms. The van der Waals surface area contributed by atoms with Gasteiger partial charge in [-0.15, -0.1) is 0 Å². The maximum atomic E-state index is 7.27. The van der Waals surface area contributed by atoms with E-state index >= 15 is 0 Å². The number of fused-ring (bicyclic) bond motifs is 8. The minimum absolute atomic E-state index is 0. The minimum atomic E-state index is 0. The van der Waals surface area contributed by atoms with Gasteiger partial charge < -0.3 is 47.9 Å². The molecule has 3 aromatic rings. The number of nitrogens with zero attached hydrogens (tertiary/aromatic N) is 2. The summed E-state index contributed by atoms with van der Waals surface area (Å²) in [7, 11) is 0. The van der Waals surface area contributed by atoms with Gasteiger partial charge in [0.25, 0.3) is 0 Å². The summed E-state index contributed by atoms with van der Waals surface area (Å²) in [6.45, 7) is 22.8. The van der Waals surface area contributed by atoms with Crippen LogP contribution in [0.4, 0.5) is 0 Å². The fraction of sp³-hybridized carbons (Fsp3) is 0.800. The average Bonchev–Trinajstić information content (AvgIpc) is 1.61. The summed E-state index contributed by atoms with van der Waals surface area (Å²) in [5.74, 6) is 5.42. The van der Waals surface area contributed by atoms with E-state index in [4.69, 9.17) is 47.9 Å². The van der Waals surface area contributed by atoms with E-state index in [1.54, 1.807) is 0 Å². The Morgan fingerprint density at radius 3 is 0.496 bits per heavy atom. The average molecular weight is 1760 g/mol. The predicted octanol–water partition coefficient (Wildman–Crippen LogP) is 32.7. The van der Waals surface area contributed by atoms with Crippen molar-refractivity contribution < 1.29 is 59.0 Å². The van der Waals surface area contributed by atoms with Crippen LogP contribution >= 0.6 is 0 Å². The molecule has 0 atom stereocenters. The number of nitrogens with one attached hydrogen (secondary N) is 2. The molecule has 0 saturated heterocycles. The molecule has 0 radical (unpaired) electrons. The van der Waals surface area contributed by atoms with Gasteiger partial charge in [0, 0.05) is 0 Å². The molecule has 650 valence electrons. The molecule has 8 bridgehead atoms. The topological polar surface area (TPSA) is 131 Å². The van der Waals surface area contributed by atoms with Gasteiger partial charge in [0.15, 0.2) is 46.0 Å². The maximum Gasteiger partial charge on any atom is 2.00 e. The second-order valence-electron chi connectivity index (χ2n) is 33.5. The van der Waals surface area contributed by atoms with Gasteiger partial charge in [0.05, 0.1) is 74.9 Å². The molecule has 0 aliphatic carbocycles. The Balaban J connectivity index is 0.0000269. The molecule has 113 heavy (non-hydrogen) atoms. The van der Waals surface area contributed by atoms with Crippen LogP contribution in [0.3, 0.4) is 0 Å². The van der Waals surface area contributed by atoms with Gasteiger partial charge >= 0.3 is 21.1 Å². The molecule has 2 aliphatic rings. The molecule has 5 rings (SSSR count). The van der Waals surface area contributed by atoms with Gasteiger partial charge in [-0.05, 0) is 75.6 Å². The number of ether oxygens (including phenoxy) is 8. The van der Waals surface area contributed by atoms with Crippen molar-refractivity contribution in [2.24, 2.45) is 0 Å². The van der Waals surface area contributed by atoms with E-state index in [1.165, 1.54) is 308 Å². The molecule has 2 aliphatic heterocycles. The molecule has 0 amide bonds. The summed E-state index contributed by atoms with van der Waals surface area (Å²) in [4.78, 5) is 19.4. The van der Waals surface area contributed by atoms with Crippen LogP contribution in [0.5, 0.6) is 23.0 Å². The van der Waals surface area contributed by atoms with Crippen LogP contribution in [-0.2, 0) is 40.0 Å². The zero-order valence-corrected chi connectivity index (χ0v) is 77.0. The van der Waals surface area contributed by atoms with E-state index in [0.717, 1.165) is 125 Å². The van der Waals surface area contributed by atoms with Gasteiger partial charge in [-0.3, -0.25) is 0 Å². The van der Waals surface area contributed by atoms with Gasteiger partial charge in [-0.1, -0.05) is 415 Å². The monoisotopic (exact) mass is 1750 g/mol. The van der Waals surface area contributed by atoms with Crippen molar-refractivity contribution in [3.05, 3.63) is 47.0 Å². The van der Waals surface area contributed by atoms with Crippen molar-refractivity contribution >= 4 is 45.1 Å². The minimum Gasteiger partial charge on any atom is -0.488 e. The van der Waals surface area contributed by atoms with E-state index in [9.17, 15) is 0 Å². The normalized spacial score (nSPS) is 12.2. The number of H-pyrrole nitrogens is 2. The van der Waals surface area contributed by atoms with Crippen LogP contribution in [0, 0.1) is 0 Å². The van der Waals surface area contributed by atoms with Crippen molar-refractivity contribution in [2.75, 3.05) is 52.9 Å². The third-order valence-corrected chi connectivity index (χ3v) is 22.8. The molecular weight excluding hydrogens is 1580 g/mol. The van der Waals surface area contributed by atoms with Crippen LogP contribution in [0.1, 0.15) is 489 Å². The smallest absolute Gasteiger partial charge is 0.488 e. The molecule has 3 aromatic heterocycles. The van der Waals surface area contributed by atoms with Gasteiger partial charge in [-0.25, -0.2) is 9.97 Å². The Morgan fingerprint density at radius 2 is 0.319 bits per heavy atom. The first-order chi connectivity index (χ1) is 55.5. The Labute approximate surface area is 708 Å². The molecule has 12 nitrogen and oxygen atoms in total. The predicted molar refractivity (Wildman–Crippen MR) is 481 cm³/mol. The zero-order valence-electron chi connectivity index (χ0n) is 74.7. The fourth-order valence-electron chi connectivity index (χ4n) is 15.7. The molecule has 0 fully saturated rings. The summed E-state index contributed by atoms with van der Waals surface area (Å²) in [5, 5.41) is 0. The van der Waals surface area contributed by atoms with E-state index in [1.807, 2.05) is 0 Å². The number of hydrogen-bond donors (Lipinski definition) is 2. The molecule has 0 saturated carbocycles. The number of aromatic nitrogens is 4. The Morgan fingerprint density at radius 1 is 0.177 bits per heavy atom. The van der Waals surface area contributed by atoms with Gasteiger partial charge in [-0.2, -0.15) is 0 Å². The molecule has 5 heterocycles. The number of hydrogen-bond acceptors (Lipinski definition) is 10. The van der Waals surface area contributed by atoms with Crippen molar-refractivity contribution in [1.29, 1.82) is 0 Å². The summed E-state index contributed by atoms with van der Waals surface area (Å²) in [6, 6.07) is 8.64. The number of unbranched alkanes of at least 4 members (excludes halogenated alkanes) is 56. The van der Waals surface area contributed by atoms with Crippen LogP contribution in [0.2, 0.25) is 0 Å². The maximum absolute atomic E-state index is 7.27. The van der Waals surface area contributed by atoms with E-state index in [-0.39, 0.29) is 21.1 Å². The Kier molecular flexibility index (Phi) is 63.2. The number of rotatable bonds is 80. The van der Waals surface area contributed by atoms with Crippen molar-refractivity contribution in [1.82, 2.24) is 19.9 Å². The van der Waals surface area contributed by atoms with Crippen LogP contribution < -0.4 is 18.9 Å². The molecule has 0 unspecified atom stereocenters. The second-order valence-corrected chi connectivity index (χ2v) is 33.5. The zero-order chi connectivity index (χ0) is 79.5. The van der Waals surface area contributed by atoms with Gasteiger partial charge in [0.1, 0.15) is 22.8 Å². The summed E-state index contributed by atoms with van der Waals surface area (Å²) in [5.41, 5.74) is 5.86. The van der Waals surface area contributed by atoms with Crippen molar-refractivity contribution in [3.8, 4) is 23.0 Å². The van der Waals surface area contributed by atoms with Crippen LogP contribution in [0.15, 0.2) is 24.3 Å². The van der Waals surface area contributed by atoms with Gasteiger partial charge in [0.2, 0.25) is 0 Å². The quantitative estimate of drug-likeness (QED) is 0.0527. The van der Waals surface area contributed by atoms with E-state index in [2.05, 4.69) is 89.6 Å². The molecule has 0 aromatic carbocycles. The molecule has 13 heteroatoms. The molecular formula is C100H174N4O8Pt+2. The van der Waals surface area contributed by atoms with Crippen LogP contribution in [0.25, 0.3) is 45.1 Å². The first kappa shape index (κ1) is 101. The Bertz CT molecular complexity index is 2800. The summed E-state index contributed by atoms with van der Waals surface area (Å²) < 4.78 is 58.1. The number of aromatic amines is 2. The van der Waals surface area contributed by atoms with E-state index < -0.39 is 0 Å². The fourth-order valence-corrected chi connectivity index (χ4v) is 15.7. The van der Waals surface area contributed by atoms with Crippen molar-refractivity contribution in [3.63, 3.8) is 0 Å². The standard InChI is InChI=1S/C100H174N4O8.Pt/c1-9-17-25-33-41-49-57-65-73-105-93-85-81-87-95(107-75-67-59-51-43-35-27-19-11-3)97(109-77-69-61-53-45-37-29-21-13-5)89(102-87)83-91-99(111-79-71-63-55-47-39-31-23-15-7)100(112-80-72-64-56-48-40-32-24-16-8)92(104-91)84-90-98(110-78-70-62-54-46-38-30-22-14-6)96(108-76-68-60-52-44-36-28-20-12-4)88(103-90)82-86(101-85)94(93)106-74-66-58-50-42-34-26-18-10-2;/h81-84,101-102H,9-80H2,1-8H3;/q;+2. The van der Waals surface area contributed by atoms with Crippen LogP contribution in [-0.4, -0.2) is 72.8 Å².